The van der Waals surface area contributed by atoms with Gasteiger partial charge in [-0.3, -0.25) is 9.78 Å². The van der Waals surface area contributed by atoms with E-state index in [-0.39, 0.29) is 17.9 Å². The summed E-state index contributed by atoms with van der Waals surface area (Å²) in [6.45, 7) is 3.33. The van der Waals surface area contributed by atoms with Crippen LogP contribution in [0.1, 0.15) is 82.6 Å². The first kappa shape index (κ1) is 21.8. The molecule has 0 radical (unpaired) electrons. The Kier molecular flexibility index (Phi) is 7.42. The molecule has 1 aromatic heterocycles. The minimum Gasteiger partial charge on any atom is -0.375 e. The third-order valence-electron chi connectivity index (χ3n) is 7.81. The third kappa shape index (κ3) is 5.05. The molecule has 0 bridgehead atoms. The average Bonchev–Trinajstić information content (AvgIpc) is 3.21. The van der Waals surface area contributed by atoms with Gasteiger partial charge in [0.25, 0.3) is 5.91 Å². The summed E-state index contributed by atoms with van der Waals surface area (Å²) in [5.74, 6) is 0.623. The van der Waals surface area contributed by atoms with E-state index < -0.39 is 5.60 Å². The van der Waals surface area contributed by atoms with Crippen molar-refractivity contribution < 1.29 is 9.90 Å². The van der Waals surface area contributed by atoms with Crippen LogP contribution in [0.25, 0.3) is 0 Å². The number of hydrogen-bond donors (Lipinski definition) is 2. The highest BCUT2D eigenvalue weighted by molar-refractivity contribution is 5.87. The third-order valence-corrected chi connectivity index (χ3v) is 7.81. The highest BCUT2D eigenvalue weighted by atomic mass is 16.3. The van der Waals surface area contributed by atoms with Crippen LogP contribution < -0.4 is 5.32 Å². The number of rotatable bonds is 6. The van der Waals surface area contributed by atoms with E-state index in [1.54, 1.807) is 12.4 Å². The zero-order valence-corrected chi connectivity index (χ0v) is 18.4. The maximum absolute atomic E-state index is 13.4. The van der Waals surface area contributed by atoms with Gasteiger partial charge in [-0.1, -0.05) is 44.6 Å². The van der Waals surface area contributed by atoms with Crippen LogP contribution in [0, 0.1) is 11.8 Å². The molecule has 2 N–H and O–H groups in total. The van der Waals surface area contributed by atoms with E-state index in [4.69, 9.17) is 0 Å². The molecule has 0 spiro atoms. The van der Waals surface area contributed by atoms with Crippen molar-refractivity contribution >= 4 is 5.91 Å². The number of nitrogens with one attached hydrogen (secondary N) is 1. The van der Waals surface area contributed by atoms with E-state index in [9.17, 15) is 9.90 Å². The van der Waals surface area contributed by atoms with Gasteiger partial charge in [-0.15, -0.1) is 0 Å². The van der Waals surface area contributed by atoms with Crippen molar-refractivity contribution in [2.45, 2.75) is 88.7 Å². The highest BCUT2D eigenvalue weighted by Gasteiger charge is 2.47. The van der Waals surface area contributed by atoms with Crippen molar-refractivity contribution in [3.8, 4) is 0 Å². The molecular formula is C25H39N3O2. The van der Waals surface area contributed by atoms with Crippen molar-refractivity contribution in [2.75, 3.05) is 19.6 Å². The second kappa shape index (κ2) is 10.2. The molecule has 1 unspecified atom stereocenters. The van der Waals surface area contributed by atoms with Gasteiger partial charge in [-0.2, -0.15) is 0 Å². The first-order valence-corrected chi connectivity index (χ1v) is 12.3. The van der Waals surface area contributed by atoms with E-state index in [2.05, 4.69) is 15.2 Å². The normalized spacial score (nSPS) is 25.0. The zero-order chi connectivity index (χ0) is 20.8. The number of pyridine rings is 1. The molecule has 1 atom stereocenters. The first-order chi connectivity index (χ1) is 14.7. The van der Waals surface area contributed by atoms with Gasteiger partial charge in [0, 0.05) is 49.6 Å². The van der Waals surface area contributed by atoms with Crippen LogP contribution in [0.2, 0.25) is 0 Å². The summed E-state index contributed by atoms with van der Waals surface area (Å²) >= 11 is 0. The van der Waals surface area contributed by atoms with E-state index in [0.29, 0.717) is 5.56 Å². The number of aromatic nitrogens is 1. The van der Waals surface area contributed by atoms with Crippen LogP contribution in [0.4, 0.5) is 0 Å². The molecule has 5 nitrogen and oxygen atoms in total. The SMILES string of the molecule is O=C(NC1CCN(CC2CCCCCC2)CC1)C(O)(c1cccnc1)C1CCCC1. The van der Waals surface area contributed by atoms with Crippen LogP contribution >= 0.6 is 0 Å². The second-order valence-electron chi connectivity index (χ2n) is 9.90. The Morgan fingerprint density at radius 1 is 1.03 bits per heavy atom. The highest BCUT2D eigenvalue weighted by Crippen LogP contribution is 2.40. The van der Waals surface area contributed by atoms with Gasteiger partial charge in [-0.05, 0) is 50.5 Å². The van der Waals surface area contributed by atoms with E-state index in [1.165, 1.54) is 45.1 Å². The van der Waals surface area contributed by atoms with Crippen molar-refractivity contribution in [1.29, 1.82) is 0 Å². The fourth-order valence-electron chi connectivity index (χ4n) is 5.95. The van der Waals surface area contributed by atoms with E-state index in [1.807, 2.05) is 12.1 Å². The molecule has 0 aromatic carbocycles. The van der Waals surface area contributed by atoms with Crippen LogP contribution in [0.5, 0.6) is 0 Å². The predicted molar refractivity (Wildman–Crippen MR) is 119 cm³/mol. The fraction of sp³-hybridized carbons (Fsp3) is 0.760. The van der Waals surface area contributed by atoms with Gasteiger partial charge in [0.2, 0.25) is 0 Å². The van der Waals surface area contributed by atoms with Crippen molar-refractivity contribution in [3.05, 3.63) is 30.1 Å². The van der Waals surface area contributed by atoms with Crippen molar-refractivity contribution in [3.63, 3.8) is 0 Å². The van der Waals surface area contributed by atoms with Gasteiger partial charge < -0.3 is 15.3 Å². The number of piperidine rings is 1. The Morgan fingerprint density at radius 3 is 2.33 bits per heavy atom. The fourth-order valence-corrected chi connectivity index (χ4v) is 5.95. The lowest BCUT2D eigenvalue weighted by Gasteiger charge is -2.38. The minimum absolute atomic E-state index is 0.0166. The molecule has 4 rings (SSSR count). The van der Waals surface area contributed by atoms with Gasteiger partial charge in [0.15, 0.2) is 5.60 Å². The molecule has 30 heavy (non-hydrogen) atoms. The molecule has 2 heterocycles. The summed E-state index contributed by atoms with van der Waals surface area (Å²) in [5, 5.41) is 14.8. The Balaban J connectivity index is 1.33. The molecule has 1 saturated heterocycles. The molecule has 1 aromatic rings. The molecule has 2 saturated carbocycles. The van der Waals surface area contributed by atoms with Crippen LogP contribution in [-0.4, -0.2) is 46.6 Å². The molecule has 2 aliphatic carbocycles. The summed E-state index contributed by atoms with van der Waals surface area (Å²) in [7, 11) is 0. The standard InChI is InChI=1S/C25H39N3O2/c29-24(25(30,21-10-5-6-11-21)22-12-7-15-26-18-22)27-23-13-16-28(17-14-23)19-20-8-3-1-2-4-9-20/h7,12,15,18,20-21,23,30H,1-6,8-11,13-14,16-17,19H2,(H,27,29). The summed E-state index contributed by atoms with van der Waals surface area (Å²) < 4.78 is 0. The van der Waals surface area contributed by atoms with Gasteiger partial charge in [0.05, 0.1) is 0 Å². The van der Waals surface area contributed by atoms with Crippen LogP contribution in [-0.2, 0) is 10.4 Å². The predicted octanol–water partition coefficient (Wildman–Crippen LogP) is 4.01. The molecule has 5 heteroatoms. The molecule has 166 valence electrons. The molecule has 1 aliphatic heterocycles. The smallest absolute Gasteiger partial charge is 0.257 e. The number of aliphatic hydroxyl groups is 1. The Morgan fingerprint density at radius 2 is 1.70 bits per heavy atom. The lowest BCUT2D eigenvalue weighted by atomic mass is 9.79. The number of amides is 1. The first-order valence-electron chi connectivity index (χ1n) is 12.3. The van der Waals surface area contributed by atoms with Crippen molar-refractivity contribution in [1.82, 2.24) is 15.2 Å². The van der Waals surface area contributed by atoms with Gasteiger partial charge >= 0.3 is 0 Å². The van der Waals surface area contributed by atoms with Crippen LogP contribution in [0.15, 0.2) is 24.5 Å². The number of hydrogen-bond acceptors (Lipinski definition) is 4. The number of likely N-dealkylation sites (tertiary alicyclic amines) is 1. The molecule has 3 aliphatic rings. The van der Waals surface area contributed by atoms with Gasteiger partial charge in [0.1, 0.15) is 0 Å². The van der Waals surface area contributed by atoms with Crippen molar-refractivity contribution in [2.24, 2.45) is 11.8 Å². The second-order valence-corrected chi connectivity index (χ2v) is 9.90. The Bertz CT molecular complexity index is 660. The lowest BCUT2D eigenvalue weighted by Crippen LogP contribution is -2.54. The van der Waals surface area contributed by atoms with Gasteiger partial charge in [-0.25, -0.2) is 0 Å². The minimum atomic E-state index is -1.46. The number of carbonyl (C=O) groups is 1. The maximum atomic E-state index is 13.4. The average molecular weight is 414 g/mol. The molecule has 1 amide bonds. The largest absolute Gasteiger partial charge is 0.375 e. The van der Waals surface area contributed by atoms with E-state index in [0.717, 1.165) is 57.5 Å². The summed E-state index contributed by atoms with van der Waals surface area (Å²) in [6, 6.07) is 3.82. The number of nitrogens with zero attached hydrogens (tertiary/aromatic N) is 2. The number of carbonyl (C=O) groups excluding carboxylic acids is 1. The quantitative estimate of drug-likeness (QED) is 0.692. The topological polar surface area (TPSA) is 65.5 Å². The molecule has 3 fully saturated rings. The summed E-state index contributed by atoms with van der Waals surface area (Å²) in [5.41, 5.74) is -0.817. The van der Waals surface area contributed by atoms with E-state index >= 15 is 0 Å². The van der Waals surface area contributed by atoms with Crippen LogP contribution in [0.3, 0.4) is 0 Å². The molecular weight excluding hydrogens is 374 g/mol. The zero-order valence-electron chi connectivity index (χ0n) is 18.4. The monoisotopic (exact) mass is 413 g/mol. The Labute approximate surface area is 181 Å². The summed E-state index contributed by atoms with van der Waals surface area (Å²) in [6.07, 6.45) is 17.7. The Hall–Kier alpha value is -1.46. The summed E-state index contributed by atoms with van der Waals surface area (Å²) in [4.78, 5) is 20.1. The maximum Gasteiger partial charge on any atom is 0.257 e. The lowest BCUT2D eigenvalue weighted by molar-refractivity contribution is -0.148.